The monoisotopic (exact) mass is 339 g/mol. The number of aromatic carboxylic acids is 1. The molecule has 106 valence electrons. The molecule has 0 bridgehead atoms. The van der Waals surface area contributed by atoms with Gasteiger partial charge in [-0.2, -0.15) is 5.10 Å². The van der Waals surface area contributed by atoms with Gasteiger partial charge in [-0.05, 0) is 12.1 Å². The molecule has 2 heterocycles. The second-order valence-corrected chi connectivity index (χ2v) is 5.77. The molecule has 3 rings (SSSR count). The topological polar surface area (TPSA) is 68.0 Å². The highest BCUT2D eigenvalue weighted by atomic mass is 35.5. The first kappa shape index (κ1) is 14.1. The molecule has 0 amide bonds. The number of thiazole rings is 1. The number of carboxylic acids is 1. The quantitative estimate of drug-likeness (QED) is 0.782. The highest BCUT2D eigenvalue weighted by molar-refractivity contribution is 7.12. The lowest BCUT2D eigenvalue weighted by atomic mass is 10.2. The molecule has 0 saturated carbocycles. The molecule has 0 saturated heterocycles. The van der Waals surface area contributed by atoms with Crippen molar-refractivity contribution in [3.63, 3.8) is 0 Å². The minimum atomic E-state index is -1.03. The average Bonchev–Trinajstić information content (AvgIpc) is 3.09. The van der Waals surface area contributed by atoms with Crippen LogP contribution in [0.4, 0.5) is 0 Å². The van der Waals surface area contributed by atoms with Gasteiger partial charge in [0.1, 0.15) is 0 Å². The minimum absolute atomic E-state index is 0.112. The van der Waals surface area contributed by atoms with Gasteiger partial charge in [0, 0.05) is 17.1 Å². The molecular formula is C13H7Cl2N3O2S. The van der Waals surface area contributed by atoms with E-state index in [1.807, 2.05) is 11.4 Å². The van der Waals surface area contributed by atoms with E-state index in [1.165, 1.54) is 28.4 Å². The number of hydrogen-bond acceptors (Lipinski definition) is 4. The highest BCUT2D eigenvalue weighted by Crippen LogP contribution is 2.29. The van der Waals surface area contributed by atoms with Crippen molar-refractivity contribution in [2.45, 2.75) is 0 Å². The summed E-state index contributed by atoms with van der Waals surface area (Å²) in [7, 11) is 0. The number of hydrogen-bond donors (Lipinski definition) is 1. The zero-order valence-electron chi connectivity index (χ0n) is 10.3. The predicted molar refractivity (Wildman–Crippen MR) is 81.7 cm³/mol. The summed E-state index contributed by atoms with van der Waals surface area (Å²) in [4.78, 5) is 15.3. The maximum Gasteiger partial charge on any atom is 0.338 e. The van der Waals surface area contributed by atoms with Gasteiger partial charge in [0.05, 0.1) is 27.5 Å². The summed E-state index contributed by atoms with van der Waals surface area (Å²) in [6.45, 7) is 0. The molecule has 0 atom stereocenters. The second kappa shape index (κ2) is 5.48. The van der Waals surface area contributed by atoms with Crippen LogP contribution in [-0.2, 0) is 0 Å². The number of carbonyl (C=O) groups is 1. The third-order valence-electron chi connectivity index (χ3n) is 2.73. The van der Waals surface area contributed by atoms with Crippen molar-refractivity contribution < 1.29 is 9.90 Å². The highest BCUT2D eigenvalue weighted by Gasteiger charge is 2.11. The minimum Gasteiger partial charge on any atom is -0.478 e. The summed E-state index contributed by atoms with van der Waals surface area (Å²) < 4.78 is 1.43. The molecule has 21 heavy (non-hydrogen) atoms. The van der Waals surface area contributed by atoms with Crippen LogP contribution in [0.2, 0.25) is 10.0 Å². The molecule has 2 aromatic heterocycles. The first-order chi connectivity index (χ1) is 10.0. The summed E-state index contributed by atoms with van der Waals surface area (Å²) >= 11 is 13.2. The summed E-state index contributed by atoms with van der Waals surface area (Å²) in [6.07, 6.45) is 2.70. The van der Waals surface area contributed by atoms with Crippen LogP contribution in [0, 0.1) is 0 Å². The van der Waals surface area contributed by atoms with E-state index < -0.39 is 5.97 Å². The van der Waals surface area contributed by atoms with Gasteiger partial charge in [-0.15, -0.1) is 11.3 Å². The summed E-state index contributed by atoms with van der Waals surface area (Å²) in [6, 6.07) is 5.25. The van der Waals surface area contributed by atoms with E-state index in [0.717, 1.165) is 11.3 Å². The van der Waals surface area contributed by atoms with E-state index in [-0.39, 0.29) is 5.56 Å². The Balaban J connectivity index is 1.95. The zero-order valence-corrected chi connectivity index (χ0v) is 12.7. The molecule has 0 fully saturated rings. The molecule has 5 nitrogen and oxygen atoms in total. The van der Waals surface area contributed by atoms with Crippen LogP contribution in [0.25, 0.3) is 16.4 Å². The Kier molecular flexibility index (Phi) is 3.67. The van der Waals surface area contributed by atoms with Crippen LogP contribution in [0.1, 0.15) is 10.4 Å². The zero-order chi connectivity index (χ0) is 15.0. The molecule has 0 radical (unpaired) electrons. The Labute approximate surface area is 133 Å². The van der Waals surface area contributed by atoms with Gasteiger partial charge < -0.3 is 5.11 Å². The third-order valence-corrected chi connectivity index (χ3v) is 4.30. The van der Waals surface area contributed by atoms with Crippen molar-refractivity contribution in [3.8, 4) is 16.4 Å². The first-order valence-electron chi connectivity index (χ1n) is 5.74. The SMILES string of the molecule is O=C(O)c1cnn(-c2nc(-c3ccc(Cl)c(Cl)c3)cs2)c1. The fraction of sp³-hybridized carbons (Fsp3) is 0. The van der Waals surface area contributed by atoms with E-state index in [1.54, 1.807) is 12.1 Å². The Morgan fingerprint density at radius 3 is 2.76 bits per heavy atom. The van der Waals surface area contributed by atoms with Crippen LogP contribution in [0.3, 0.4) is 0 Å². The lowest BCUT2D eigenvalue weighted by molar-refractivity contribution is 0.0697. The van der Waals surface area contributed by atoms with Crippen LogP contribution in [0.5, 0.6) is 0 Å². The first-order valence-corrected chi connectivity index (χ1v) is 7.37. The summed E-state index contributed by atoms with van der Waals surface area (Å²) in [5.41, 5.74) is 1.67. The lowest BCUT2D eigenvalue weighted by Gasteiger charge is -1.99. The molecule has 0 aliphatic heterocycles. The van der Waals surface area contributed by atoms with Crippen molar-refractivity contribution in [2.75, 3.05) is 0 Å². The van der Waals surface area contributed by atoms with E-state index in [9.17, 15) is 4.79 Å². The van der Waals surface area contributed by atoms with Crippen LogP contribution >= 0.6 is 34.5 Å². The molecule has 8 heteroatoms. The van der Waals surface area contributed by atoms with Gasteiger partial charge in [0.25, 0.3) is 0 Å². The Hall–Kier alpha value is -1.89. The largest absolute Gasteiger partial charge is 0.478 e. The van der Waals surface area contributed by atoms with Crippen molar-refractivity contribution in [3.05, 3.63) is 51.6 Å². The van der Waals surface area contributed by atoms with Gasteiger partial charge in [-0.3, -0.25) is 0 Å². The van der Waals surface area contributed by atoms with Crippen LogP contribution < -0.4 is 0 Å². The van der Waals surface area contributed by atoms with Gasteiger partial charge in [-0.25, -0.2) is 14.5 Å². The molecule has 1 aromatic carbocycles. The van der Waals surface area contributed by atoms with Crippen molar-refractivity contribution in [2.24, 2.45) is 0 Å². The smallest absolute Gasteiger partial charge is 0.338 e. The predicted octanol–water partition coefficient (Wildman–Crippen LogP) is 4.00. The molecular weight excluding hydrogens is 333 g/mol. The Morgan fingerprint density at radius 2 is 2.10 bits per heavy atom. The fourth-order valence-corrected chi connectivity index (χ4v) is 2.76. The van der Waals surface area contributed by atoms with E-state index >= 15 is 0 Å². The summed E-state index contributed by atoms with van der Waals surface area (Å²) in [5.74, 6) is -1.03. The summed E-state index contributed by atoms with van der Waals surface area (Å²) in [5, 5.41) is 16.2. The van der Waals surface area contributed by atoms with Gasteiger partial charge in [-0.1, -0.05) is 29.3 Å². The average molecular weight is 340 g/mol. The normalized spacial score (nSPS) is 10.8. The van der Waals surface area contributed by atoms with E-state index in [4.69, 9.17) is 28.3 Å². The third kappa shape index (κ3) is 2.78. The fourth-order valence-electron chi connectivity index (χ4n) is 1.70. The molecule has 0 unspecified atom stereocenters. The van der Waals surface area contributed by atoms with E-state index in [2.05, 4.69) is 10.1 Å². The molecule has 0 aliphatic rings. The van der Waals surface area contributed by atoms with Gasteiger partial charge >= 0.3 is 5.97 Å². The number of nitrogens with zero attached hydrogens (tertiary/aromatic N) is 3. The van der Waals surface area contributed by atoms with Gasteiger partial charge in [0.15, 0.2) is 0 Å². The maximum absolute atomic E-state index is 10.8. The molecule has 0 aliphatic carbocycles. The molecule has 0 spiro atoms. The second-order valence-electron chi connectivity index (χ2n) is 4.12. The van der Waals surface area contributed by atoms with Crippen molar-refractivity contribution in [1.82, 2.24) is 14.8 Å². The van der Waals surface area contributed by atoms with Crippen molar-refractivity contribution >= 4 is 40.5 Å². The number of halogens is 2. The maximum atomic E-state index is 10.8. The number of carboxylic acid groups (broad SMARTS) is 1. The Morgan fingerprint density at radius 1 is 1.29 bits per heavy atom. The van der Waals surface area contributed by atoms with Gasteiger partial charge in [0.2, 0.25) is 5.13 Å². The standard InChI is InChI=1S/C13H7Cl2N3O2S/c14-9-2-1-7(3-10(9)15)11-6-21-13(17-11)18-5-8(4-16-18)12(19)20/h1-6H,(H,19,20). The number of rotatable bonds is 3. The van der Waals surface area contributed by atoms with E-state index in [0.29, 0.717) is 15.2 Å². The Bertz CT molecular complexity index is 828. The van der Waals surface area contributed by atoms with Crippen LogP contribution in [-0.4, -0.2) is 25.8 Å². The lowest BCUT2D eigenvalue weighted by Crippen LogP contribution is -1.95. The number of benzene rings is 1. The molecule has 1 N–H and O–H groups in total. The van der Waals surface area contributed by atoms with Crippen molar-refractivity contribution in [1.29, 1.82) is 0 Å². The number of aromatic nitrogens is 3. The van der Waals surface area contributed by atoms with Crippen LogP contribution in [0.15, 0.2) is 36.0 Å². The molecule has 3 aromatic rings.